The van der Waals surface area contributed by atoms with Crippen molar-refractivity contribution in [2.75, 3.05) is 6.16 Å². The number of hydrogen-bond acceptors (Lipinski definition) is 2. The van der Waals surface area contributed by atoms with Crippen LogP contribution in [-0.2, 0) is 11.8 Å². The Morgan fingerprint density at radius 2 is 2.13 bits per heavy atom. The van der Waals surface area contributed by atoms with E-state index in [0.717, 1.165) is 0 Å². The van der Waals surface area contributed by atoms with Gasteiger partial charge in [-0.3, -0.25) is 0 Å². The minimum Gasteiger partial charge on any atom is -0.447 e. The van der Waals surface area contributed by atoms with Crippen LogP contribution in [0.3, 0.4) is 0 Å². The molecule has 15 heavy (non-hydrogen) atoms. The molecule has 0 amide bonds. The molecule has 1 unspecified atom stereocenters. The second kappa shape index (κ2) is 5.50. The third-order valence-corrected chi connectivity index (χ3v) is 5.02. The number of nitrogens with two attached hydrogens (primary N) is 1. The van der Waals surface area contributed by atoms with Crippen LogP contribution in [-0.4, -0.2) is 12.5 Å². The maximum atomic E-state index is 5.76. The van der Waals surface area contributed by atoms with E-state index in [0.29, 0.717) is 16.9 Å². The third kappa shape index (κ3) is 3.82. The highest BCUT2D eigenvalue weighted by Gasteiger charge is 2.14. The zero-order chi connectivity index (χ0) is 11.3. The van der Waals surface area contributed by atoms with Crippen LogP contribution in [0.4, 0.5) is 0 Å². The number of halogens is 1. The van der Waals surface area contributed by atoms with Crippen molar-refractivity contribution in [3.63, 3.8) is 0 Å². The maximum Gasteiger partial charge on any atom is 0.223 e. The average molecular weight is 263 g/mol. The number of benzene rings is 1. The van der Waals surface area contributed by atoms with E-state index in [1.807, 2.05) is 6.92 Å². The van der Waals surface area contributed by atoms with Crippen LogP contribution in [0.5, 0.6) is 5.75 Å². The molecule has 0 saturated heterocycles. The van der Waals surface area contributed by atoms with E-state index in [1.165, 1.54) is 6.34 Å². The molecule has 0 aliphatic rings. The molecule has 3 nitrogen and oxygen atoms in total. The monoisotopic (exact) mass is 262 g/mol. The summed E-state index contributed by atoms with van der Waals surface area (Å²) in [5, 5.41) is 0.662. The minimum atomic E-state index is -2.20. The van der Waals surface area contributed by atoms with Crippen molar-refractivity contribution in [1.82, 2.24) is 0 Å². The Morgan fingerprint density at radius 3 is 2.60 bits per heavy atom. The van der Waals surface area contributed by atoms with Crippen molar-refractivity contribution in [2.24, 2.45) is 10.5 Å². The Kier molecular flexibility index (Phi) is 4.58. The smallest absolute Gasteiger partial charge is 0.223 e. The summed E-state index contributed by atoms with van der Waals surface area (Å²) in [7, 11) is 0. The van der Waals surface area contributed by atoms with E-state index >= 15 is 0 Å². The zero-order valence-electron chi connectivity index (χ0n) is 8.26. The van der Waals surface area contributed by atoms with Gasteiger partial charge in [0.2, 0.25) is 6.42 Å². The Balaban J connectivity index is 2.84. The second-order valence-corrected chi connectivity index (χ2v) is 7.23. The van der Waals surface area contributed by atoms with Crippen LogP contribution < -0.4 is 10.3 Å². The van der Waals surface area contributed by atoms with E-state index in [-0.39, 0.29) is 0 Å². The summed E-state index contributed by atoms with van der Waals surface area (Å²) >= 11 is 11.1. The first kappa shape index (κ1) is 12.5. The van der Waals surface area contributed by atoms with Gasteiger partial charge in [-0.2, -0.15) is 0 Å². The van der Waals surface area contributed by atoms with Crippen LogP contribution in [0.2, 0.25) is 5.02 Å². The van der Waals surface area contributed by atoms with Crippen molar-refractivity contribution in [3.8, 4) is 5.75 Å². The van der Waals surface area contributed by atoms with Gasteiger partial charge in [-0.1, -0.05) is 18.5 Å². The van der Waals surface area contributed by atoms with Gasteiger partial charge >= 0.3 is 0 Å². The highest BCUT2D eigenvalue weighted by atomic mass is 35.5. The van der Waals surface area contributed by atoms with E-state index in [2.05, 4.69) is 4.76 Å². The molecular formula is C9H12ClN2OPS. The Morgan fingerprint density at radius 1 is 1.53 bits per heavy atom. The van der Waals surface area contributed by atoms with Crippen LogP contribution >= 0.6 is 18.0 Å². The van der Waals surface area contributed by atoms with Crippen molar-refractivity contribution in [2.45, 2.75) is 6.92 Å². The highest BCUT2D eigenvalue weighted by Crippen LogP contribution is 2.48. The summed E-state index contributed by atoms with van der Waals surface area (Å²) in [5.74, 6) is 0.676. The first-order valence-electron chi connectivity index (χ1n) is 4.39. The number of hydrogen-bond donors (Lipinski definition) is 1. The molecule has 0 bridgehead atoms. The SMILES string of the molecule is CCP(=S)(/N=C/N)Oc1ccc(Cl)cc1. The molecule has 1 aromatic rings. The summed E-state index contributed by atoms with van der Waals surface area (Å²) in [6.07, 6.45) is -0.329. The molecule has 6 heteroatoms. The lowest BCUT2D eigenvalue weighted by atomic mass is 10.3. The van der Waals surface area contributed by atoms with Gasteiger partial charge in [-0.15, -0.1) is 0 Å². The fraction of sp³-hybridized carbons (Fsp3) is 0.222. The molecule has 1 atom stereocenters. The zero-order valence-corrected chi connectivity index (χ0v) is 10.7. The Labute approximate surface area is 99.4 Å². The fourth-order valence-electron chi connectivity index (χ4n) is 0.932. The van der Waals surface area contributed by atoms with Crippen molar-refractivity contribution in [3.05, 3.63) is 29.3 Å². The standard InChI is InChI=1S/C9H12ClN2OPS/c1-2-14(15,12-7-11)13-9-5-3-8(10)4-6-9/h3-7H,2H2,1H3,(H2,11,12,15). The molecular weight excluding hydrogens is 251 g/mol. The first-order chi connectivity index (χ1) is 7.09. The fourth-order valence-corrected chi connectivity index (χ4v) is 2.47. The van der Waals surface area contributed by atoms with Crippen LogP contribution in [0.25, 0.3) is 0 Å². The molecule has 1 rings (SSSR count). The summed E-state index contributed by atoms with van der Waals surface area (Å²) in [4.78, 5) is 0. The Hall–Kier alpha value is -0.570. The maximum absolute atomic E-state index is 5.76. The largest absolute Gasteiger partial charge is 0.447 e. The lowest BCUT2D eigenvalue weighted by Gasteiger charge is -2.16. The van der Waals surface area contributed by atoms with Crippen LogP contribution in [0, 0.1) is 0 Å². The molecule has 0 saturated carbocycles. The Bertz CT molecular complexity index is 394. The van der Waals surface area contributed by atoms with E-state index < -0.39 is 6.42 Å². The lowest BCUT2D eigenvalue weighted by Crippen LogP contribution is -1.96. The van der Waals surface area contributed by atoms with Gasteiger partial charge in [0.25, 0.3) is 0 Å². The highest BCUT2D eigenvalue weighted by molar-refractivity contribution is 8.11. The molecule has 82 valence electrons. The van der Waals surface area contributed by atoms with Crippen LogP contribution in [0.15, 0.2) is 29.0 Å². The van der Waals surface area contributed by atoms with Crippen LogP contribution in [0.1, 0.15) is 6.92 Å². The lowest BCUT2D eigenvalue weighted by molar-refractivity contribution is 0.612. The predicted molar refractivity (Wildman–Crippen MR) is 69.6 cm³/mol. The molecule has 0 radical (unpaired) electrons. The molecule has 1 aromatic carbocycles. The summed E-state index contributed by atoms with van der Waals surface area (Å²) in [6, 6.07) is 7.03. The molecule has 0 fully saturated rings. The van der Waals surface area contributed by atoms with E-state index in [9.17, 15) is 0 Å². The minimum absolute atomic E-state index is 0.662. The molecule has 2 N–H and O–H groups in total. The van der Waals surface area contributed by atoms with E-state index in [1.54, 1.807) is 24.3 Å². The van der Waals surface area contributed by atoms with Gasteiger partial charge in [0.05, 0.1) is 6.34 Å². The van der Waals surface area contributed by atoms with Crippen molar-refractivity contribution in [1.29, 1.82) is 0 Å². The summed E-state index contributed by atoms with van der Waals surface area (Å²) < 4.78 is 9.65. The molecule has 0 aromatic heterocycles. The van der Waals surface area contributed by atoms with Crippen molar-refractivity contribution < 1.29 is 4.52 Å². The van der Waals surface area contributed by atoms with Gasteiger partial charge in [-0.05, 0) is 36.1 Å². The quantitative estimate of drug-likeness (QED) is 0.515. The third-order valence-electron chi connectivity index (χ3n) is 1.70. The molecule has 0 heterocycles. The molecule has 0 aliphatic carbocycles. The van der Waals surface area contributed by atoms with E-state index in [4.69, 9.17) is 33.7 Å². The summed E-state index contributed by atoms with van der Waals surface area (Å²) in [5.41, 5.74) is 5.24. The first-order valence-corrected chi connectivity index (χ1v) is 7.63. The average Bonchev–Trinajstić information content (AvgIpc) is 2.22. The second-order valence-electron chi connectivity index (χ2n) is 2.76. The van der Waals surface area contributed by atoms with Gasteiger partial charge in [-0.25, -0.2) is 4.76 Å². The van der Waals surface area contributed by atoms with Gasteiger partial charge in [0.15, 0.2) is 0 Å². The van der Waals surface area contributed by atoms with Crippen molar-refractivity contribution >= 4 is 36.2 Å². The van der Waals surface area contributed by atoms with Gasteiger partial charge in [0, 0.05) is 11.2 Å². The van der Waals surface area contributed by atoms with Gasteiger partial charge in [0.1, 0.15) is 5.75 Å². The van der Waals surface area contributed by atoms with Gasteiger partial charge < -0.3 is 10.3 Å². The molecule has 0 spiro atoms. The number of rotatable bonds is 4. The molecule has 0 aliphatic heterocycles. The normalized spacial score (nSPS) is 15.1. The predicted octanol–water partition coefficient (Wildman–Crippen LogP) is 3.04. The summed E-state index contributed by atoms with van der Waals surface area (Å²) in [6.45, 7) is 1.93. The topological polar surface area (TPSA) is 47.6 Å². The number of nitrogens with zero attached hydrogens (tertiary/aromatic N) is 1.